The van der Waals surface area contributed by atoms with Crippen molar-refractivity contribution in [2.45, 2.75) is 184 Å². The van der Waals surface area contributed by atoms with Crippen molar-refractivity contribution in [3.05, 3.63) is 10.4 Å². The van der Waals surface area contributed by atoms with Crippen LogP contribution in [0.2, 0.25) is 0 Å². The van der Waals surface area contributed by atoms with Gasteiger partial charge in [0.05, 0.1) is 46.2 Å². The summed E-state index contributed by atoms with van der Waals surface area (Å²) in [7, 11) is 0. The van der Waals surface area contributed by atoms with Gasteiger partial charge in [-0.2, -0.15) is 0 Å². The van der Waals surface area contributed by atoms with Gasteiger partial charge >= 0.3 is 0 Å². The van der Waals surface area contributed by atoms with Crippen molar-refractivity contribution < 1.29 is 154 Å². The maximum Gasteiger partial charge on any atom is 0.186 e. The van der Waals surface area contributed by atoms with Crippen LogP contribution in [0, 0.1) is 0 Å². The van der Waals surface area contributed by atoms with E-state index in [4.69, 9.17) is 62.4 Å². The minimum Gasteiger partial charge on any atom is -0.394 e. The number of rotatable bonds is 20. The molecule has 5 unspecified atom stereocenters. The fourth-order valence-electron chi connectivity index (χ4n) is 8.37. The molecule has 6 fully saturated rings. The highest BCUT2D eigenvalue weighted by Crippen LogP contribution is 2.31. The second kappa shape index (κ2) is 26.4. The van der Waals surface area contributed by atoms with Crippen molar-refractivity contribution in [1.29, 1.82) is 0 Å². The molecule has 19 N–H and O–H groups in total. The second-order valence-electron chi connectivity index (χ2n) is 17.8. The summed E-state index contributed by atoms with van der Waals surface area (Å²) in [6.07, 6.45) is -53.9. The molecule has 0 aromatic rings. The Labute approximate surface area is 406 Å². The molecule has 30 atom stereocenters. The Morgan fingerprint density at radius 2 is 0.514 bits per heavy atom. The standard InChI is InChI=1S/C38H65N3O31/c39-41-40-1-2-61-33-27(55)22(50)16(44)10(68-33)4-63-35-29(57)24(52)18(46)12(70-35)6-65-37-31(59)26(54)20(48)14(72-37)8-66-38-32(60)25(53)19(47)13(71-38)7-64-36-30(58)23(51)17(45)11(69-36)5-62-34-28(56)21(49)15(43)9(3-42)67-34/h9-38,42-60H,1-8H2/t9-,10?,11?,12?,13?,14?,15-,16-,17-,18-,19-,20-,21+,22+,23+,24+,25+,26+,27-,28-,29-,30-,31-,32-,33-,34-,35-,36-,37-,38-/m1/s1. The molecule has 418 valence electrons. The summed E-state index contributed by atoms with van der Waals surface area (Å²) in [5.41, 5.74) is 8.44. The lowest BCUT2D eigenvalue weighted by Gasteiger charge is -2.45. The largest absolute Gasteiger partial charge is 0.394 e. The highest BCUT2D eigenvalue weighted by Gasteiger charge is 2.52. The van der Waals surface area contributed by atoms with Crippen LogP contribution in [0.25, 0.3) is 10.4 Å². The first kappa shape index (κ1) is 59.3. The number of hydrogen-bond donors (Lipinski definition) is 19. The lowest BCUT2D eigenvalue weighted by Crippen LogP contribution is -2.63. The zero-order valence-electron chi connectivity index (χ0n) is 37.7. The summed E-state index contributed by atoms with van der Waals surface area (Å²) in [6, 6.07) is 0. The second-order valence-corrected chi connectivity index (χ2v) is 17.8. The normalized spacial score (nSPS) is 50.3. The van der Waals surface area contributed by atoms with Gasteiger partial charge < -0.3 is 154 Å². The molecule has 6 aliphatic rings. The molecule has 6 rings (SSSR count). The minimum atomic E-state index is -2.02. The van der Waals surface area contributed by atoms with Gasteiger partial charge in [-0.05, 0) is 5.53 Å². The molecule has 0 aliphatic carbocycles. The van der Waals surface area contributed by atoms with Crippen molar-refractivity contribution in [2.75, 3.05) is 52.8 Å². The third kappa shape index (κ3) is 13.4. The van der Waals surface area contributed by atoms with Crippen LogP contribution >= 0.6 is 0 Å². The zero-order valence-corrected chi connectivity index (χ0v) is 37.7. The topological polar surface area (TPSA) is 544 Å². The van der Waals surface area contributed by atoms with Crippen molar-refractivity contribution in [1.82, 2.24) is 0 Å². The number of ether oxygens (including phenoxy) is 12. The molecule has 6 saturated heterocycles. The Hall–Kier alpha value is -1.93. The van der Waals surface area contributed by atoms with Gasteiger partial charge in [-0.25, -0.2) is 0 Å². The minimum absolute atomic E-state index is 0.168. The van der Waals surface area contributed by atoms with E-state index in [1.807, 2.05) is 0 Å². The number of azide groups is 1. The lowest BCUT2D eigenvalue weighted by molar-refractivity contribution is -0.352. The summed E-state index contributed by atoms with van der Waals surface area (Å²) in [4.78, 5) is 2.55. The smallest absolute Gasteiger partial charge is 0.186 e. The van der Waals surface area contributed by atoms with Crippen LogP contribution in [-0.4, -0.2) is 334 Å². The highest BCUT2D eigenvalue weighted by molar-refractivity contribution is 4.96. The van der Waals surface area contributed by atoms with E-state index in [1.165, 1.54) is 0 Å². The van der Waals surface area contributed by atoms with Gasteiger partial charge in [-0.1, -0.05) is 5.11 Å². The van der Waals surface area contributed by atoms with E-state index in [1.54, 1.807) is 0 Å². The van der Waals surface area contributed by atoms with Gasteiger partial charge in [0.25, 0.3) is 0 Å². The van der Waals surface area contributed by atoms with Crippen molar-refractivity contribution in [3.8, 4) is 0 Å². The van der Waals surface area contributed by atoms with Crippen LogP contribution in [0.4, 0.5) is 0 Å². The third-order valence-corrected chi connectivity index (χ3v) is 12.9. The monoisotopic (exact) mass is 1060 g/mol. The van der Waals surface area contributed by atoms with Gasteiger partial charge in [0.2, 0.25) is 0 Å². The molecule has 0 aromatic carbocycles. The number of aliphatic hydroxyl groups excluding tert-OH is 19. The molecule has 6 aliphatic heterocycles. The van der Waals surface area contributed by atoms with Crippen LogP contribution < -0.4 is 0 Å². The maximum absolute atomic E-state index is 10.8. The van der Waals surface area contributed by atoms with Gasteiger partial charge in [0.1, 0.15) is 146 Å². The first-order valence-electron chi connectivity index (χ1n) is 22.6. The predicted octanol–water partition coefficient (Wildman–Crippen LogP) is -12.8. The SMILES string of the molecule is [N-]=[N+]=NCCO[C@@H]1OC(CO[C@@H]2OC(CO[C@@H]3OC(CO[C@@H]4OC(CO[C@@H]5OC(CO[C@@H]6O[C@H](CO)[C@@H](O)[C@H](O)[C@H]6O)[C@@H](O)[C@H](O)[C@H]5O)[C@@H](O)[C@H](O)[C@H]4O)[C@@H](O)[C@H](O)[C@H]3O)[C@@H](O)[C@H](O)[C@H]2O)[C@@H](O)[C@H](O)[C@H]1O. The molecular formula is C38H65N3O31. The van der Waals surface area contributed by atoms with E-state index in [2.05, 4.69) is 10.0 Å². The number of hydrogen-bond acceptors (Lipinski definition) is 32. The molecule has 0 radical (unpaired) electrons. The molecular weight excluding hydrogens is 994 g/mol. The summed E-state index contributed by atoms with van der Waals surface area (Å²) in [6.45, 7) is -4.95. The van der Waals surface area contributed by atoms with Crippen LogP contribution in [0.15, 0.2) is 5.11 Å². The molecule has 34 heteroatoms. The van der Waals surface area contributed by atoms with E-state index >= 15 is 0 Å². The Balaban J connectivity index is 1.01. The molecule has 0 saturated carbocycles. The van der Waals surface area contributed by atoms with E-state index < -0.39 is 224 Å². The Bertz CT molecular complexity index is 1700. The van der Waals surface area contributed by atoms with Gasteiger partial charge in [0, 0.05) is 11.5 Å². The van der Waals surface area contributed by atoms with E-state index in [0.29, 0.717) is 0 Å². The van der Waals surface area contributed by atoms with Crippen molar-refractivity contribution in [3.63, 3.8) is 0 Å². The first-order chi connectivity index (χ1) is 34.1. The predicted molar refractivity (Wildman–Crippen MR) is 217 cm³/mol. The molecule has 72 heavy (non-hydrogen) atoms. The Morgan fingerprint density at radius 3 is 0.736 bits per heavy atom. The van der Waals surface area contributed by atoms with Gasteiger partial charge in [0.15, 0.2) is 37.7 Å². The highest BCUT2D eigenvalue weighted by atomic mass is 16.8. The fraction of sp³-hybridized carbons (Fsp3) is 1.00. The van der Waals surface area contributed by atoms with Crippen molar-refractivity contribution >= 4 is 0 Å². The third-order valence-electron chi connectivity index (χ3n) is 12.9. The molecule has 0 amide bonds. The van der Waals surface area contributed by atoms with Gasteiger partial charge in [-0.15, -0.1) is 0 Å². The average Bonchev–Trinajstić information content (AvgIpc) is 3.37. The van der Waals surface area contributed by atoms with Crippen LogP contribution in [0.1, 0.15) is 0 Å². The number of nitrogens with zero attached hydrogens (tertiary/aromatic N) is 3. The van der Waals surface area contributed by atoms with Gasteiger partial charge in [-0.3, -0.25) is 0 Å². The Morgan fingerprint density at radius 1 is 0.306 bits per heavy atom. The molecule has 0 aromatic heterocycles. The lowest BCUT2D eigenvalue weighted by atomic mass is 9.97. The summed E-state index contributed by atoms with van der Waals surface area (Å²) < 4.78 is 65.8. The fourth-order valence-corrected chi connectivity index (χ4v) is 8.37. The molecule has 34 nitrogen and oxygen atoms in total. The summed E-state index contributed by atoms with van der Waals surface area (Å²) >= 11 is 0. The molecule has 6 heterocycles. The summed E-state index contributed by atoms with van der Waals surface area (Å²) in [5, 5.41) is 202. The van der Waals surface area contributed by atoms with Crippen LogP contribution in [0.3, 0.4) is 0 Å². The van der Waals surface area contributed by atoms with Crippen LogP contribution in [-0.2, 0) is 56.8 Å². The molecule has 0 bridgehead atoms. The average molecular weight is 1060 g/mol. The zero-order chi connectivity index (χ0) is 52.9. The maximum atomic E-state index is 10.8. The summed E-state index contributed by atoms with van der Waals surface area (Å²) in [5.74, 6) is 0. The molecule has 0 spiro atoms. The van der Waals surface area contributed by atoms with E-state index in [0.717, 1.165) is 0 Å². The van der Waals surface area contributed by atoms with Crippen molar-refractivity contribution in [2.24, 2.45) is 5.11 Å². The van der Waals surface area contributed by atoms with Crippen LogP contribution in [0.5, 0.6) is 0 Å². The first-order valence-corrected chi connectivity index (χ1v) is 22.6. The quantitative estimate of drug-likeness (QED) is 0.0233. The van der Waals surface area contributed by atoms with E-state index in [-0.39, 0.29) is 13.2 Å². The Kier molecular flexibility index (Phi) is 21.8. The number of aliphatic hydroxyl groups is 19. The van der Waals surface area contributed by atoms with E-state index in [9.17, 15) is 97.0 Å².